The van der Waals surface area contributed by atoms with Gasteiger partial charge in [0.05, 0.1) is 17.6 Å². The molecule has 0 amide bonds. The summed E-state index contributed by atoms with van der Waals surface area (Å²) in [6.07, 6.45) is 1.93. The van der Waals surface area contributed by atoms with Crippen molar-refractivity contribution in [3.63, 3.8) is 0 Å². The molecule has 5 aromatic carbocycles. The monoisotopic (exact) mass is 523 g/mol. The molecule has 0 N–H and O–H groups in total. The maximum absolute atomic E-state index is 4.93. The van der Waals surface area contributed by atoms with Crippen LogP contribution in [0.25, 0.3) is 0 Å². The maximum atomic E-state index is 4.93. The summed E-state index contributed by atoms with van der Waals surface area (Å²) in [7, 11) is 0. The zero-order valence-electron chi connectivity index (χ0n) is 24.3. The Kier molecular flexibility index (Phi) is 7.84. The Morgan fingerprint density at radius 1 is 0.400 bits per heavy atom. The molecule has 0 saturated carbocycles. The van der Waals surface area contributed by atoms with Crippen LogP contribution in [0, 0.1) is 41.5 Å². The lowest BCUT2D eigenvalue weighted by atomic mass is 10.1. The summed E-state index contributed by atoms with van der Waals surface area (Å²) in [6, 6.07) is 39.0. The summed E-state index contributed by atoms with van der Waals surface area (Å²) in [4.78, 5) is 2.34. The lowest BCUT2D eigenvalue weighted by Gasteiger charge is -2.27. The molecule has 5 rings (SSSR count). The van der Waals surface area contributed by atoms with Crippen molar-refractivity contribution >= 4 is 34.7 Å². The summed E-state index contributed by atoms with van der Waals surface area (Å²) in [5, 5.41) is 6.92. The molecule has 0 bridgehead atoms. The van der Waals surface area contributed by atoms with E-state index in [2.05, 4.69) is 156 Å². The second-order valence-electron chi connectivity index (χ2n) is 10.8. The largest absolute Gasteiger partial charge is 0.310 e. The second-order valence-corrected chi connectivity index (χ2v) is 10.8. The van der Waals surface area contributed by atoms with Crippen molar-refractivity contribution < 1.29 is 0 Å². The molecule has 5 aromatic rings. The topological polar surface area (TPSA) is 18.8 Å². The van der Waals surface area contributed by atoms with Gasteiger partial charge in [-0.15, -0.1) is 0 Å². The van der Waals surface area contributed by atoms with Gasteiger partial charge >= 0.3 is 0 Å². The first kappa shape index (κ1) is 27.0. The van der Waals surface area contributed by atoms with Crippen LogP contribution in [0.1, 0.15) is 38.9 Å². The van der Waals surface area contributed by atoms with Gasteiger partial charge in [-0.3, -0.25) is 0 Å². The van der Waals surface area contributed by atoms with Gasteiger partial charge in [0.15, 0.2) is 0 Å². The summed E-state index contributed by atoms with van der Waals surface area (Å²) in [5.74, 6) is 0. The summed E-state index contributed by atoms with van der Waals surface area (Å²) >= 11 is 0. The van der Waals surface area contributed by atoms with E-state index >= 15 is 0 Å². The molecule has 0 spiro atoms. The molecule has 0 aliphatic rings. The Bertz CT molecular complexity index is 1490. The second kappa shape index (κ2) is 11.6. The Hall–Kier alpha value is -4.63. The van der Waals surface area contributed by atoms with E-state index in [1.165, 1.54) is 33.4 Å². The van der Waals surface area contributed by atoms with Crippen LogP contribution in [0.5, 0.6) is 0 Å². The molecule has 3 heteroatoms. The number of anilines is 5. The van der Waals surface area contributed by atoms with Gasteiger partial charge < -0.3 is 4.90 Å². The highest BCUT2D eigenvalue weighted by atomic mass is 15.5. The van der Waals surface area contributed by atoms with Crippen LogP contribution in [0.2, 0.25) is 0 Å². The van der Waals surface area contributed by atoms with Gasteiger partial charge in [-0.05, 0) is 130 Å². The third-order valence-corrected chi connectivity index (χ3v) is 6.96. The highest BCUT2D eigenvalue weighted by Gasteiger charge is 2.14. The van der Waals surface area contributed by atoms with E-state index in [4.69, 9.17) is 5.10 Å². The normalized spacial score (nSPS) is 11.2. The van der Waals surface area contributed by atoms with E-state index in [1.54, 1.807) is 0 Å². The molecule has 0 fully saturated rings. The number of benzene rings is 5. The van der Waals surface area contributed by atoms with Gasteiger partial charge in [0.25, 0.3) is 0 Å². The average Bonchev–Trinajstić information content (AvgIpc) is 2.91. The first-order valence-corrected chi connectivity index (χ1v) is 13.8. The number of hydrazone groups is 1. The van der Waals surface area contributed by atoms with E-state index in [9.17, 15) is 0 Å². The van der Waals surface area contributed by atoms with Crippen LogP contribution in [0.15, 0.2) is 114 Å². The van der Waals surface area contributed by atoms with Gasteiger partial charge in [0.1, 0.15) is 0 Å². The Morgan fingerprint density at radius 2 is 0.775 bits per heavy atom. The molecule has 0 aliphatic heterocycles. The lowest BCUT2D eigenvalue weighted by molar-refractivity contribution is 1.09. The molecule has 3 nitrogen and oxygen atoms in total. The van der Waals surface area contributed by atoms with Crippen molar-refractivity contribution in [2.45, 2.75) is 41.5 Å². The molecule has 0 heterocycles. The minimum atomic E-state index is 1.03. The fourth-order valence-corrected chi connectivity index (χ4v) is 5.09. The highest BCUT2D eigenvalue weighted by Crippen LogP contribution is 2.36. The standard InChI is InChI=1S/C37H37N3/c1-26-7-13-34(14-8-26)40(35-15-9-27(2)10-16-35)38-25-32-11-17-33(18-12-32)39(36-21-28(3)19-29(4)22-36)37-23-30(5)20-31(6)24-37/h7-25H,1-6H3. The van der Waals surface area contributed by atoms with Crippen molar-refractivity contribution in [1.82, 2.24) is 0 Å². The summed E-state index contributed by atoms with van der Waals surface area (Å²) in [5.41, 5.74) is 14.0. The maximum Gasteiger partial charge on any atom is 0.0652 e. The minimum Gasteiger partial charge on any atom is -0.310 e. The number of hydrogen-bond donors (Lipinski definition) is 0. The first-order valence-electron chi connectivity index (χ1n) is 13.8. The SMILES string of the molecule is Cc1ccc(N(N=Cc2ccc(N(c3cc(C)cc(C)c3)c3cc(C)cc(C)c3)cc2)c2ccc(C)cc2)cc1. The molecule has 0 saturated heterocycles. The van der Waals surface area contributed by atoms with Crippen LogP contribution in [-0.4, -0.2) is 6.21 Å². The van der Waals surface area contributed by atoms with Gasteiger partial charge in [-0.1, -0.05) is 59.7 Å². The Labute approximate surface area is 239 Å². The number of aryl methyl sites for hydroxylation is 6. The predicted molar refractivity (Wildman–Crippen MR) is 172 cm³/mol. The lowest BCUT2D eigenvalue weighted by Crippen LogP contribution is -2.11. The summed E-state index contributed by atoms with van der Waals surface area (Å²) < 4.78 is 0. The molecule has 0 unspecified atom stereocenters. The fourth-order valence-electron chi connectivity index (χ4n) is 5.09. The molecular formula is C37H37N3. The zero-order valence-corrected chi connectivity index (χ0v) is 24.3. The molecule has 40 heavy (non-hydrogen) atoms. The van der Waals surface area contributed by atoms with Crippen molar-refractivity contribution in [2.75, 3.05) is 9.91 Å². The number of hydrogen-bond acceptors (Lipinski definition) is 3. The molecular weight excluding hydrogens is 486 g/mol. The van der Waals surface area contributed by atoms with Crippen LogP contribution in [0.3, 0.4) is 0 Å². The van der Waals surface area contributed by atoms with E-state index in [-0.39, 0.29) is 0 Å². The summed E-state index contributed by atoms with van der Waals surface area (Å²) in [6.45, 7) is 12.8. The van der Waals surface area contributed by atoms with E-state index in [0.717, 1.165) is 34.0 Å². The predicted octanol–water partition coefficient (Wildman–Crippen LogP) is 10.2. The quantitative estimate of drug-likeness (QED) is 0.156. The fraction of sp³-hybridized carbons (Fsp3) is 0.162. The zero-order chi connectivity index (χ0) is 28.2. The first-order chi connectivity index (χ1) is 19.2. The minimum absolute atomic E-state index is 1.03. The van der Waals surface area contributed by atoms with Gasteiger partial charge in [-0.2, -0.15) is 5.10 Å². The molecule has 0 radical (unpaired) electrons. The Balaban J connectivity index is 1.50. The molecule has 0 aliphatic carbocycles. The smallest absolute Gasteiger partial charge is 0.0652 e. The van der Waals surface area contributed by atoms with Gasteiger partial charge in [0, 0.05) is 17.1 Å². The average molecular weight is 524 g/mol. The van der Waals surface area contributed by atoms with Crippen LogP contribution < -0.4 is 9.91 Å². The molecule has 0 atom stereocenters. The molecule has 200 valence electrons. The van der Waals surface area contributed by atoms with Crippen LogP contribution in [-0.2, 0) is 0 Å². The van der Waals surface area contributed by atoms with Crippen LogP contribution >= 0.6 is 0 Å². The van der Waals surface area contributed by atoms with Gasteiger partial charge in [0.2, 0.25) is 0 Å². The van der Waals surface area contributed by atoms with Crippen molar-refractivity contribution in [2.24, 2.45) is 5.10 Å². The van der Waals surface area contributed by atoms with E-state index in [0.29, 0.717) is 0 Å². The van der Waals surface area contributed by atoms with E-state index in [1.807, 2.05) is 11.2 Å². The number of nitrogens with zero attached hydrogens (tertiary/aromatic N) is 3. The Morgan fingerprint density at radius 3 is 1.18 bits per heavy atom. The molecule has 0 aromatic heterocycles. The van der Waals surface area contributed by atoms with Crippen LogP contribution in [0.4, 0.5) is 28.4 Å². The van der Waals surface area contributed by atoms with Crippen molar-refractivity contribution in [3.05, 3.63) is 148 Å². The number of rotatable bonds is 7. The van der Waals surface area contributed by atoms with Crippen molar-refractivity contribution in [1.29, 1.82) is 0 Å². The highest BCUT2D eigenvalue weighted by molar-refractivity contribution is 5.84. The van der Waals surface area contributed by atoms with Gasteiger partial charge in [-0.25, -0.2) is 5.01 Å². The van der Waals surface area contributed by atoms with Crippen molar-refractivity contribution in [3.8, 4) is 0 Å². The third kappa shape index (κ3) is 6.32. The van der Waals surface area contributed by atoms with E-state index < -0.39 is 0 Å². The third-order valence-electron chi connectivity index (χ3n) is 6.96.